The summed E-state index contributed by atoms with van der Waals surface area (Å²) < 4.78 is 0. The molecule has 1 fully saturated rings. The van der Waals surface area contributed by atoms with E-state index in [0.717, 1.165) is 12.8 Å². The lowest BCUT2D eigenvalue weighted by atomic mass is 9.94. The van der Waals surface area contributed by atoms with Gasteiger partial charge in [0, 0.05) is 36.7 Å². The van der Waals surface area contributed by atoms with Crippen LogP contribution in [0.15, 0.2) is 36.8 Å². The predicted molar refractivity (Wildman–Crippen MR) is 102 cm³/mol. The lowest BCUT2D eigenvalue weighted by Crippen LogP contribution is -2.26. The highest BCUT2D eigenvalue weighted by molar-refractivity contribution is 5.87. The molecule has 4 rings (SSSR count). The molecule has 0 amide bonds. The molecule has 10 heteroatoms. The van der Waals surface area contributed by atoms with Crippen LogP contribution in [-0.2, 0) is 4.79 Å². The number of non-ortho nitro benzene ring substituents is 1. The highest BCUT2D eigenvalue weighted by Gasteiger charge is 2.19. The second kappa shape index (κ2) is 7.51. The molecule has 0 saturated heterocycles. The Labute approximate surface area is 159 Å². The van der Waals surface area contributed by atoms with Crippen molar-refractivity contribution in [2.24, 2.45) is 0 Å². The molecule has 0 aliphatic heterocycles. The number of nitro benzene ring substituents is 1. The van der Waals surface area contributed by atoms with Gasteiger partial charge in [-0.15, -0.1) is 0 Å². The van der Waals surface area contributed by atoms with Gasteiger partial charge in [-0.05, 0) is 18.9 Å². The minimum absolute atomic E-state index is 0.0211. The molecule has 2 N–H and O–H groups in total. The number of hydrogen-bond donors (Lipinski definition) is 2. The maximum atomic E-state index is 11.4. The summed E-state index contributed by atoms with van der Waals surface area (Å²) in [5.74, 6) is 1.15. The van der Waals surface area contributed by atoms with Crippen molar-refractivity contribution in [3.63, 3.8) is 0 Å². The zero-order valence-corrected chi connectivity index (χ0v) is 14.8. The zero-order valence-electron chi connectivity index (χ0n) is 14.8. The van der Waals surface area contributed by atoms with Crippen LogP contribution in [0, 0.1) is 10.1 Å². The number of nitrogens with zero attached hydrogens (tertiary/aromatic N) is 5. The molecule has 1 aromatic carbocycles. The number of anilines is 3. The third kappa shape index (κ3) is 3.85. The first-order valence-electron chi connectivity index (χ1n) is 8.86. The van der Waals surface area contributed by atoms with Crippen molar-refractivity contribution >= 4 is 40.0 Å². The number of hydrogen-bond acceptors (Lipinski definition) is 9. The Bertz CT molecular complexity index is 1050. The molecule has 10 nitrogen and oxygen atoms in total. The van der Waals surface area contributed by atoms with Gasteiger partial charge in [0.25, 0.3) is 5.69 Å². The van der Waals surface area contributed by atoms with Gasteiger partial charge in [-0.3, -0.25) is 14.9 Å². The van der Waals surface area contributed by atoms with Crippen molar-refractivity contribution in [3.8, 4) is 0 Å². The lowest BCUT2D eigenvalue weighted by molar-refractivity contribution is -0.384. The number of ketones is 1. The quantitative estimate of drug-likeness (QED) is 0.506. The summed E-state index contributed by atoms with van der Waals surface area (Å²) in [5.41, 5.74) is 1.55. The van der Waals surface area contributed by atoms with Gasteiger partial charge in [0.1, 0.15) is 23.1 Å². The Morgan fingerprint density at radius 3 is 2.75 bits per heavy atom. The summed E-state index contributed by atoms with van der Waals surface area (Å²) in [6.07, 6.45) is 5.61. The van der Waals surface area contributed by atoms with Gasteiger partial charge in [-0.25, -0.2) is 19.9 Å². The normalized spacial score (nSPS) is 14.8. The van der Waals surface area contributed by atoms with Crippen LogP contribution >= 0.6 is 0 Å². The molecule has 1 aliphatic carbocycles. The number of nitrogens with one attached hydrogen (secondary N) is 2. The Balaban J connectivity index is 1.60. The molecule has 1 aliphatic rings. The van der Waals surface area contributed by atoms with Crippen LogP contribution in [0.2, 0.25) is 0 Å². The highest BCUT2D eigenvalue weighted by atomic mass is 16.6. The van der Waals surface area contributed by atoms with E-state index in [1.54, 1.807) is 18.3 Å². The third-order valence-electron chi connectivity index (χ3n) is 4.57. The van der Waals surface area contributed by atoms with Crippen LogP contribution in [0.5, 0.6) is 0 Å². The van der Waals surface area contributed by atoms with Crippen LogP contribution in [0.4, 0.5) is 23.1 Å². The third-order valence-corrected chi connectivity index (χ3v) is 4.57. The van der Waals surface area contributed by atoms with Gasteiger partial charge in [-0.1, -0.05) is 6.07 Å². The number of aromatic nitrogens is 4. The summed E-state index contributed by atoms with van der Waals surface area (Å²) in [7, 11) is 0. The Hall–Kier alpha value is -3.69. The monoisotopic (exact) mass is 379 g/mol. The molecular formula is C18H17N7O3. The van der Waals surface area contributed by atoms with E-state index < -0.39 is 4.92 Å². The zero-order chi connectivity index (χ0) is 19.5. The SMILES string of the molecule is O=C1CCC(Nc2ncc3ncnc(Nc4cccc([N+](=O)[O-])c4)c3n2)CC1. The van der Waals surface area contributed by atoms with Crippen molar-refractivity contribution in [2.45, 2.75) is 31.7 Å². The van der Waals surface area contributed by atoms with Crippen molar-refractivity contribution in [3.05, 3.63) is 46.9 Å². The minimum atomic E-state index is -0.456. The molecule has 0 bridgehead atoms. The molecule has 0 radical (unpaired) electrons. The van der Waals surface area contributed by atoms with Gasteiger partial charge in [0.2, 0.25) is 5.95 Å². The largest absolute Gasteiger partial charge is 0.351 e. The van der Waals surface area contributed by atoms with Crippen molar-refractivity contribution < 1.29 is 9.72 Å². The number of rotatable bonds is 5. The van der Waals surface area contributed by atoms with Gasteiger partial charge < -0.3 is 10.6 Å². The van der Waals surface area contributed by atoms with Gasteiger partial charge >= 0.3 is 0 Å². The fourth-order valence-electron chi connectivity index (χ4n) is 3.12. The molecule has 28 heavy (non-hydrogen) atoms. The van der Waals surface area contributed by atoms with E-state index >= 15 is 0 Å². The van der Waals surface area contributed by atoms with Crippen molar-refractivity contribution in [1.29, 1.82) is 0 Å². The fraction of sp³-hybridized carbons (Fsp3) is 0.278. The second-order valence-corrected chi connectivity index (χ2v) is 6.54. The summed E-state index contributed by atoms with van der Waals surface area (Å²) in [5, 5.41) is 17.3. The molecule has 142 valence electrons. The van der Waals surface area contributed by atoms with Crippen LogP contribution < -0.4 is 10.6 Å². The highest BCUT2D eigenvalue weighted by Crippen LogP contribution is 2.25. The summed E-state index contributed by atoms with van der Waals surface area (Å²) >= 11 is 0. The van der Waals surface area contributed by atoms with Crippen LogP contribution in [0.3, 0.4) is 0 Å². The van der Waals surface area contributed by atoms with E-state index in [4.69, 9.17) is 0 Å². The molecule has 0 spiro atoms. The van der Waals surface area contributed by atoms with Crippen molar-refractivity contribution in [2.75, 3.05) is 10.6 Å². The van der Waals surface area contributed by atoms with Crippen LogP contribution in [-0.4, -0.2) is 36.7 Å². The first-order chi connectivity index (χ1) is 13.6. The summed E-state index contributed by atoms with van der Waals surface area (Å²) in [6, 6.07) is 6.29. The summed E-state index contributed by atoms with van der Waals surface area (Å²) in [6.45, 7) is 0. The minimum Gasteiger partial charge on any atom is -0.351 e. The van der Waals surface area contributed by atoms with E-state index in [-0.39, 0.29) is 17.5 Å². The number of fused-ring (bicyclic) bond motifs is 1. The van der Waals surface area contributed by atoms with Crippen LogP contribution in [0.1, 0.15) is 25.7 Å². The molecule has 2 aromatic heterocycles. The van der Waals surface area contributed by atoms with Crippen LogP contribution in [0.25, 0.3) is 11.0 Å². The van der Waals surface area contributed by atoms with Crippen molar-refractivity contribution in [1.82, 2.24) is 19.9 Å². The number of Topliss-reactive ketones (excluding diaryl/α,β-unsaturated/α-hetero) is 1. The molecule has 1 saturated carbocycles. The second-order valence-electron chi connectivity index (χ2n) is 6.54. The molecule has 2 heterocycles. The molecule has 0 unspecified atom stereocenters. The summed E-state index contributed by atoms with van der Waals surface area (Å²) in [4.78, 5) is 39.1. The Kier molecular flexibility index (Phi) is 4.75. The van der Waals surface area contributed by atoms with Gasteiger partial charge in [0.15, 0.2) is 5.82 Å². The maximum absolute atomic E-state index is 11.4. The van der Waals surface area contributed by atoms with E-state index in [1.807, 2.05) is 0 Å². The smallest absolute Gasteiger partial charge is 0.271 e. The number of carbonyl (C=O) groups excluding carboxylic acids is 1. The average molecular weight is 379 g/mol. The van der Waals surface area contributed by atoms with Gasteiger partial charge in [0.05, 0.1) is 11.1 Å². The van der Waals surface area contributed by atoms with E-state index in [0.29, 0.717) is 41.3 Å². The van der Waals surface area contributed by atoms with Gasteiger partial charge in [-0.2, -0.15) is 0 Å². The lowest BCUT2D eigenvalue weighted by Gasteiger charge is -2.22. The number of benzene rings is 1. The predicted octanol–water partition coefficient (Wildman–Crippen LogP) is 3.00. The first kappa shape index (κ1) is 17.7. The van der Waals surface area contributed by atoms with E-state index in [9.17, 15) is 14.9 Å². The standard InChI is InChI=1S/C18H17N7O3/c26-14-6-4-11(5-7-14)23-18-19-9-15-16(24-18)17(21-10-20-15)22-12-2-1-3-13(8-12)25(27)28/h1-3,8-11H,4-7H2,(H,19,23,24)(H,20,21,22). The molecular weight excluding hydrogens is 362 g/mol. The topological polar surface area (TPSA) is 136 Å². The number of nitro groups is 1. The van der Waals surface area contributed by atoms with E-state index in [2.05, 4.69) is 30.6 Å². The molecule has 3 aromatic rings. The number of carbonyl (C=O) groups is 1. The van der Waals surface area contributed by atoms with E-state index in [1.165, 1.54) is 18.5 Å². The first-order valence-corrected chi connectivity index (χ1v) is 8.86. The molecule has 0 atom stereocenters. The maximum Gasteiger partial charge on any atom is 0.271 e. The fourth-order valence-corrected chi connectivity index (χ4v) is 3.12. The average Bonchev–Trinajstić information content (AvgIpc) is 2.70. The Morgan fingerprint density at radius 2 is 1.96 bits per heavy atom. The Morgan fingerprint density at radius 1 is 1.14 bits per heavy atom.